The number of rotatable bonds is 10. The lowest BCUT2D eigenvalue weighted by Crippen LogP contribution is -2.51. The van der Waals surface area contributed by atoms with E-state index in [4.69, 9.17) is 4.74 Å². The molecule has 1 amide bonds. The van der Waals surface area contributed by atoms with E-state index in [1.165, 1.54) is 39.7 Å². The Bertz CT molecular complexity index is 1840. The molecule has 3 N–H and O–H groups in total. The fraction of sp³-hybridized carbons (Fsp3) is 0.219. The number of alkyl halides is 4. The van der Waals surface area contributed by atoms with E-state index in [1.54, 1.807) is 36.5 Å². The van der Waals surface area contributed by atoms with Crippen molar-refractivity contribution in [2.75, 3.05) is 30.3 Å². The summed E-state index contributed by atoms with van der Waals surface area (Å²) in [6.45, 7) is -1.74. The third-order valence-electron chi connectivity index (χ3n) is 7.22. The molecule has 1 fully saturated rings. The Kier molecular flexibility index (Phi) is 8.45. The van der Waals surface area contributed by atoms with Gasteiger partial charge in [0.2, 0.25) is 5.95 Å². The summed E-state index contributed by atoms with van der Waals surface area (Å²) in [6, 6.07) is 20.7. The second-order valence-electron chi connectivity index (χ2n) is 10.8. The van der Waals surface area contributed by atoms with Gasteiger partial charge in [-0.05, 0) is 65.7 Å². The summed E-state index contributed by atoms with van der Waals surface area (Å²) >= 11 is 0. The van der Waals surface area contributed by atoms with Crippen LogP contribution in [0, 0.1) is 5.82 Å². The maximum atomic E-state index is 13.2. The van der Waals surface area contributed by atoms with Crippen LogP contribution in [0.25, 0.3) is 16.8 Å². The van der Waals surface area contributed by atoms with E-state index in [9.17, 15) is 31.9 Å². The quantitative estimate of drug-likeness (QED) is 0.128. The van der Waals surface area contributed by atoms with Gasteiger partial charge in [-0.15, -0.1) is 5.10 Å². The molecule has 5 aromatic rings. The first-order valence-electron chi connectivity index (χ1n) is 14.2. The highest BCUT2D eigenvalue weighted by Gasteiger charge is 2.32. The number of amides is 1. The number of hydrogen-bond donors (Lipinski definition) is 3. The first kappa shape index (κ1) is 30.8. The van der Waals surface area contributed by atoms with Crippen LogP contribution in [0.1, 0.15) is 15.9 Å². The van der Waals surface area contributed by atoms with Crippen molar-refractivity contribution in [3.63, 3.8) is 0 Å². The monoisotopic (exact) mass is 638 g/mol. The van der Waals surface area contributed by atoms with Crippen LogP contribution in [0.5, 0.6) is 5.75 Å². The Balaban J connectivity index is 1.15. The molecular weight excluding hydrogens is 611 g/mol. The lowest BCUT2D eigenvalue weighted by Gasteiger charge is -2.34. The highest BCUT2D eigenvalue weighted by atomic mass is 19.4. The predicted molar refractivity (Wildman–Crippen MR) is 160 cm³/mol. The molecule has 0 saturated carbocycles. The van der Waals surface area contributed by atoms with Crippen LogP contribution >= 0.6 is 0 Å². The molecular formula is C32H27F5N6O3. The van der Waals surface area contributed by atoms with Crippen molar-refractivity contribution in [3.05, 3.63) is 102 Å². The highest BCUT2D eigenvalue weighted by molar-refractivity contribution is 5.96. The van der Waals surface area contributed by atoms with Crippen LogP contribution in [0.4, 0.5) is 39.3 Å². The standard InChI is InChI=1S/C32H27F5N6O3/c33-23-7-1-19(2-8-23)13-29(44)38-25-9-3-20(4-10-25)22-6-12-28-40-31(41-43(28)15-22)39-26-11-5-21(30(45)42-16-24(34)17-42)14-27(26)46-18-32(35,36)37/h1-12,14-15,24,29,38,44H,13,16-18H2,(H,39,41). The van der Waals surface area contributed by atoms with Gasteiger partial charge in [0.1, 0.15) is 24.0 Å². The molecule has 2 aromatic heterocycles. The lowest BCUT2D eigenvalue weighted by molar-refractivity contribution is -0.153. The van der Waals surface area contributed by atoms with Crippen molar-refractivity contribution >= 4 is 28.9 Å². The summed E-state index contributed by atoms with van der Waals surface area (Å²) in [4.78, 5) is 18.3. The van der Waals surface area contributed by atoms with Crippen LogP contribution in [0.2, 0.25) is 0 Å². The number of hydrogen-bond acceptors (Lipinski definition) is 7. The second kappa shape index (κ2) is 12.6. The number of fused-ring (bicyclic) bond motifs is 1. The van der Waals surface area contributed by atoms with Gasteiger partial charge in [0.25, 0.3) is 5.91 Å². The Hall–Kier alpha value is -5.24. The van der Waals surface area contributed by atoms with Crippen LogP contribution in [0.3, 0.4) is 0 Å². The van der Waals surface area contributed by atoms with Crippen molar-refractivity contribution in [1.82, 2.24) is 19.5 Å². The fourth-order valence-corrected chi connectivity index (χ4v) is 4.88. The average Bonchev–Trinajstić information content (AvgIpc) is 3.41. The Morgan fingerprint density at radius 3 is 2.41 bits per heavy atom. The zero-order valence-electron chi connectivity index (χ0n) is 24.0. The van der Waals surface area contributed by atoms with E-state index >= 15 is 0 Å². The molecule has 0 bridgehead atoms. The fourth-order valence-electron chi connectivity index (χ4n) is 4.88. The van der Waals surface area contributed by atoms with Crippen molar-refractivity contribution in [2.45, 2.75) is 25.0 Å². The molecule has 1 unspecified atom stereocenters. The third kappa shape index (κ3) is 7.34. The second-order valence-corrected chi connectivity index (χ2v) is 10.8. The number of aliphatic hydroxyl groups is 1. The summed E-state index contributed by atoms with van der Waals surface area (Å²) in [5.74, 6) is -1.02. The summed E-state index contributed by atoms with van der Waals surface area (Å²) in [5, 5.41) is 20.6. The molecule has 46 heavy (non-hydrogen) atoms. The molecule has 1 atom stereocenters. The first-order valence-corrected chi connectivity index (χ1v) is 14.2. The van der Waals surface area contributed by atoms with Crippen LogP contribution in [-0.4, -0.2) is 68.8 Å². The van der Waals surface area contributed by atoms with Crippen LogP contribution < -0.4 is 15.4 Å². The van der Waals surface area contributed by atoms with Gasteiger partial charge in [-0.2, -0.15) is 18.2 Å². The summed E-state index contributed by atoms with van der Waals surface area (Å²) in [5.41, 5.74) is 3.72. The Morgan fingerprint density at radius 2 is 1.72 bits per heavy atom. The molecule has 3 heterocycles. The van der Waals surface area contributed by atoms with E-state index in [0.717, 1.165) is 16.7 Å². The lowest BCUT2D eigenvalue weighted by atomic mass is 10.1. The molecule has 0 spiro atoms. The number of carbonyl (C=O) groups is 1. The number of nitrogens with one attached hydrogen (secondary N) is 2. The van der Waals surface area contributed by atoms with E-state index in [1.807, 2.05) is 18.2 Å². The van der Waals surface area contributed by atoms with Gasteiger partial charge >= 0.3 is 6.18 Å². The molecule has 9 nitrogen and oxygen atoms in total. The first-order chi connectivity index (χ1) is 22.0. The Labute approximate surface area is 259 Å². The molecule has 6 rings (SSSR count). The molecule has 0 radical (unpaired) electrons. The van der Waals surface area contributed by atoms with Crippen LogP contribution in [0.15, 0.2) is 85.1 Å². The SMILES string of the molecule is O=C(c1ccc(Nc2nc3ccc(-c4ccc(NC(O)Cc5ccc(F)cc5)cc4)cn3n2)c(OCC(F)(F)F)c1)N1CC(F)C1. The van der Waals surface area contributed by atoms with Crippen molar-refractivity contribution in [1.29, 1.82) is 0 Å². The molecule has 1 aliphatic heterocycles. The number of carbonyl (C=O) groups excluding carboxylic acids is 1. The minimum absolute atomic E-state index is 0.0610. The highest BCUT2D eigenvalue weighted by Crippen LogP contribution is 2.31. The summed E-state index contributed by atoms with van der Waals surface area (Å²) in [6.07, 6.45) is -4.60. The maximum absolute atomic E-state index is 13.2. The third-order valence-corrected chi connectivity index (χ3v) is 7.22. The van der Waals surface area contributed by atoms with Gasteiger partial charge < -0.3 is 25.4 Å². The number of nitrogens with zero attached hydrogens (tertiary/aromatic N) is 4. The normalized spacial score (nSPS) is 14.2. The van der Waals surface area contributed by atoms with Crippen molar-refractivity contribution in [2.24, 2.45) is 0 Å². The van der Waals surface area contributed by atoms with E-state index in [2.05, 4.69) is 20.7 Å². The summed E-state index contributed by atoms with van der Waals surface area (Å²) < 4.78 is 71.8. The minimum atomic E-state index is -4.62. The average molecular weight is 639 g/mol. The number of aromatic nitrogens is 3. The van der Waals surface area contributed by atoms with Crippen LogP contribution in [-0.2, 0) is 6.42 Å². The van der Waals surface area contributed by atoms with Crippen molar-refractivity contribution in [3.8, 4) is 16.9 Å². The van der Waals surface area contributed by atoms with Gasteiger partial charge in [-0.3, -0.25) is 4.79 Å². The smallest absolute Gasteiger partial charge is 0.422 e. The number of halogens is 5. The molecule has 1 saturated heterocycles. The molecule has 0 aliphatic carbocycles. The zero-order valence-corrected chi connectivity index (χ0v) is 24.0. The zero-order chi connectivity index (χ0) is 32.4. The number of likely N-dealkylation sites (tertiary alicyclic amines) is 1. The van der Waals surface area contributed by atoms with E-state index < -0.39 is 31.1 Å². The van der Waals surface area contributed by atoms with E-state index in [0.29, 0.717) is 17.8 Å². The van der Waals surface area contributed by atoms with Gasteiger partial charge in [-0.1, -0.05) is 24.3 Å². The number of ether oxygens (including phenoxy) is 1. The molecule has 1 aliphatic rings. The van der Waals surface area contributed by atoms with E-state index in [-0.39, 0.29) is 41.9 Å². The molecule has 14 heteroatoms. The Morgan fingerprint density at radius 1 is 1.00 bits per heavy atom. The summed E-state index contributed by atoms with van der Waals surface area (Å²) in [7, 11) is 0. The van der Waals surface area contributed by atoms with Gasteiger partial charge in [0.05, 0.1) is 18.8 Å². The van der Waals surface area contributed by atoms with Gasteiger partial charge in [0.15, 0.2) is 12.3 Å². The number of pyridine rings is 1. The minimum Gasteiger partial charge on any atom is -0.482 e. The van der Waals surface area contributed by atoms with Gasteiger partial charge in [-0.25, -0.2) is 13.3 Å². The molecule has 3 aromatic carbocycles. The maximum Gasteiger partial charge on any atom is 0.422 e. The molecule has 238 valence electrons. The number of aliphatic hydroxyl groups excluding tert-OH is 1. The number of anilines is 3. The number of benzene rings is 3. The largest absolute Gasteiger partial charge is 0.482 e. The topological polar surface area (TPSA) is 104 Å². The van der Waals surface area contributed by atoms with Gasteiger partial charge in [0, 0.05) is 29.4 Å². The predicted octanol–water partition coefficient (Wildman–Crippen LogP) is 5.99. The van der Waals surface area contributed by atoms with Crippen molar-refractivity contribution < 1.29 is 36.6 Å².